The van der Waals surface area contributed by atoms with Gasteiger partial charge in [-0.1, -0.05) is 24.6 Å². The fourth-order valence-corrected chi connectivity index (χ4v) is 6.42. The van der Waals surface area contributed by atoms with Crippen LogP contribution in [0.1, 0.15) is 50.1 Å². The molecule has 0 radical (unpaired) electrons. The summed E-state index contributed by atoms with van der Waals surface area (Å²) in [6.07, 6.45) is 8.12. The van der Waals surface area contributed by atoms with E-state index in [1.165, 1.54) is 44.1 Å². The van der Waals surface area contributed by atoms with Gasteiger partial charge in [0, 0.05) is 43.1 Å². The van der Waals surface area contributed by atoms with Crippen molar-refractivity contribution < 1.29 is 9.47 Å². The predicted molar refractivity (Wildman–Crippen MR) is 134 cm³/mol. The summed E-state index contributed by atoms with van der Waals surface area (Å²) < 4.78 is 11.8. The molecule has 1 spiro atoms. The summed E-state index contributed by atoms with van der Waals surface area (Å²) in [5.74, 6) is 2.54. The number of methoxy groups -OCH3 is 1. The Morgan fingerprint density at radius 2 is 2.03 bits per heavy atom. The summed E-state index contributed by atoms with van der Waals surface area (Å²) in [7, 11) is 3.65. The summed E-state index contributed by atoms with van der Waals surface area (Å²) in [6.45, 7) is 4.03. The van der Waals surface area contributed by atoms with Gasteiger partial charge in [-0.25, -0.2) is 0 Å². The maximum atomic E-state index is 6.08. The van der Waals surface area contributed by atoms with Crippen molar-refractivity contribution in [1.29, 1.82) is 0 Å². The lowest BCUT2D eigenvalue weighted by molar-refractivity contribution is -0.171. The van der Waals surface area contributed by atoms with Gasteiger partial charge in [0.1, 0.15) is 5.75 Å². The van der Waals surface area contributed by atoms with Crippen LogP contribution >= 0.6 is 24.0 Å². The number of halogens is 1. The molecule has 172 valence electrons. The molecular formula is C24H37IN4O2. The minimum absolute atomic E-state index is 0. The standard InChI is InChI=1S/C24H36N4O2.HI/c1-25-23(27-21-18-10-15-30-22(18)24(21)11-7-12-24)26-16-19(28-13-5-6-14-28)17-8-3-4-9-20(17)29-2;/h3-4,8-9,18-19,21-22H,5-7,10-16H2,1-2H3,(H2,25,26,27);1H. The van der Waals surface area contributed by atoms with Crippen molar-refractivity contribution in [3.8, 4) is 5.75 Å². The molecule has 2 heterocycles. The Balaban J connectivity index is 0.00000231. The summed E-state index contributed by atoms with van der Waals surface area (Å²) in [5.41, 5.74) is 1.61. The van der Waals surface area contributed by atoms with Crippen LogP contribution in [0.5, 0.6) is 5.75 Å². The lowest BCUT2D eigenvalue weighted by atomic mass is 9.46. The van der Waals surface area contributed by atoms with Crippen LogP contribution in [0.2, 0.25) is 0 Å². The van der Waals surface area contributed by atoms with Gasteiger partial charge in [-0.2, -0.15) is 0 Å². The molecule has 4 atom stereocenters. The minimum atomic E-state index is 0. The molecule has 4 aliphatic rings. The second-order valence-corrected chi connectivity index (χ2v) is 9.41. The van der Waals surface area contributed by atoms with E-state index >= 15 is 0 Å². The number of hydrogen-bond acceptors (Lipinski definition) is 4. The van der Waals surface area contributed by atoms with Gasteiger partial charge in [-0.3, -0.25) is 9.89 Å². The van der Waals surface area contributed by atoms with Crippen LogP contribution < -0.4 is 15.4 Å². The first-order chi connectivity index (χ1) is 14.8. The second kappa shape index (κ2) is 9.83. The molecule has 1 aromatic rings. The third kappa shape index (κ3) is 4.06. The Morgan fingerprint density at radius 1 is 1.26 bits per heavy atom. The van der Waals surface area contributed by atoms with E-state index < -0.39 is 0 Å². The van der Waals surface area contributed by atoms with E-state index in [-0.39, 0.29) is 30.0 Å². The minimum Gasteiger partial charge on any atom is -0.496 e. The average molecular weight is 540 g/mol. The molecule has 4 fully saturated rings. The number of nitrogens with zero attached hydrogens (tertiary/aromatic N) is 2. The Morgan fingerprint density at radius 3 is 2.71 bits per heavy atom. The third-order valence-electron chi connectivity index (χ3n) is 8.09. The molecule has 4 unspecified atom stereocenters. The maximum Gasteiger partial charge on any atom is 0.191 e. The first-order valence-corrected chi connectivity index (χ1v) is 11.7. The first-order valence-electron chi connectivity index (χ1n) is 11.7. The number of nitrogens with one attached hydrogen (secondary N) is 2. The molecule has 2 saturated carbocycles. The van der Waals surface area contributed by atoms with E-state index in [9.17, 15) is 0 Å². The summed E-state index contributed by atoms with van der Waals surface area (Å²) in [4.78, 5) is 7.17. The second-order valence-electron chi connectivity index (χ2n) is 9.41. The average Bonchev–Trinajstić information content (AvgIpc) is 3.41. The summed E-state index contributed by atoms with van der Waals surface area (Å²) in [6, 6.07) is 9.22. The molecule has 31 heavy (non-hydrogen) atoms. The van der Waals surface area contributed by atoms with Crippen LogP contribution in [0.3, 0.4) is 0 Å². The van der Waals surface area contributed by atoms with Gasteiger partial charge in [-0.05, 0) is 51.3 Å². The molecule has 2 saturated heterocycles. The van der Waals surface area contributed by atoms with E-state index in [1.807, 2.05) is 13.1 Å². The van der Waals surface area contributed by atoms with E-state index in [0.29, 0.717) is 23.5 Å². The van der Waals surface area contributed by atoms with Gasteiger partial charge in [0.05, 0.1) is 19.3 Å². The molecule has 5 rings (SSSR count). The Bertz CT molecular complexity index is 779. The van der Waals surface area contributed by atoms with Gasteiger partial charge >= 0.3 is 0 Å². The SMILES string of the molecule is CN=C(NCC(c1ccccc1OC)N1CCCC1)NC1C2CCOC2C12CCC2.I. The highest BCUT2D eigenvalue weighted by atomic mass is 127. The molecule has 0 bridgehead atoms. The molecule has 6 nitrogen and oxygen atoms in total. The fourth-order valence-electron chi connectivity index (χ4n) is 6.42. The molecule has 2 N–H and O–H groups in total. The zero-order valence-corrected chi connectivity index (χ0v) is 21.1. The van der Waals surface area contributed by atoms with Crippen LogP contribution in [0, 0.1) is 11.3 Å². The lowest BCUT2D eigenvalue weighted by Gasteiger charge is -2.63. The Labute approximate surface area is 203 Å². The molecule has 2 aliphatic heterocycles. The van der Waals surface area contributed by atoms with Gasteiger partial charge in [0.2, 0.25) is 0 Å². The van der Waals surface area contributed by atoms with E-state index in [0.717, 1.165) is 38.0 Å². The summed E-state index contributed by atoms with van der Waals surface area (Å²) >= 11 is 0. The van der Waals surface area contributed by atoms with Crippen molar-refractivity contribution in [2.75, 3.05) is 40.4 Å². The molecular weight excluding hydrogens is 503 g/mol. The Hall–Kier alpha value is -1.06. The number of benzene rings is 1. The van der Waals surface area contributed by atoms with Gasteiger partial charge < -0.3 is 20.1 Å². The van der Waals surface area contributed by atoms with Crippen molar-refractivity contribution in [3.05, 3.63) is 29.8 Å². The highest BCUT2D eigenvalue weighted by Crippen LogP contribution is 2.62. The molecule has 7 heteroatoms. The molecule has 2 aliphatic carbocycles. The first kappa shape index (κ1) is 23.1. The highest BCUT2D eigenvalue weighted by Gasteiger charge is 2.66. The Kier molecular flexibility index (Phi) is 7.33. The maximum absolute atomic E-state index is 6.08. The smallest absolute Gasteiger partial charge is 0.191 e. The van der Waals surface area contributed by atoms with Crippen LogP contribution in [0.4, 0.5) is 0 Å². The van der Waals surface area contributed by atoms with Crippen molar-refractivity contribution in [2.24, 2.45) is 16.3 Å². The zero-order valence-electron chi connectivity index (χ0n) is 18.8. The van der Waals surface area contributed by atoms with Gasteiger partial charge in [-0.15, -0.1) is 24.0 Å². The van der Waals surface area contributed by atoms with E-state index in [4.69, 9.17) is 9.47 Å². The largest absolute Gasteiger partial charge is 0.496 e. The monoisotopic (exact) mass is 540 g/mol. The van der Waals surface area contributed by atoms with Crippen LogP contribution in [0.15, 0.2) is 29.3 Å². The number of hydrogen-bond donors (Lipinski definition) is 2. The topological polar surface area (TPSA) is 58.1 Å². The predicted octanol–water partition coefficient (Wildman–Crippen LogP) is 3.57. The van der Waals surface area contributed by atoms with Gasteiger partial charge in [0.15, 0.2) is 5.96 Å². The van der Waals surface area contributed by atoms with Crippen molar-refractivity contribution in [2.45, 2.75) is 56.7 Å². The molecule has 1 aromatic carbocycles. The van der Waals surface area contributed by atoms with Crippen molar-refractivity contribution in [3.63, 3.8) is 0 Å². The van der Waals surface area contributed by atoms with Crippen LogP contribution in [-0.2, 0) is 4.74 Å². The number of fused-ring (bicyclic) bond motifs is 2. The number of rotatable bonds is 6. The number of ether oxygens (including phenoxy) is 2. The van der Waals surface area contributed by atoms with Crippen molar-refractivity contribution >= 4 is 29.9 Å². The molecule has 0 amide bonds. The quantitative estimate of drug-likeness (QED) is 0.329. The van der Waals surface area contributed by atoms with E-state index in [2.05, 4.69) is 38.7 Å². The van der Waals surface area contributed by atoms with Gasteiger partial charge in [0.25, 0.3) is 0 Å². The van der Waals surface area contributed by atoms with Crippen molar-refractivity contribution in [1.82, 2.24) is 15.5 Å². The fraction of sp³-hybridized carbons (Fsp3) is 0.708. The number of para-hydroxylation sites is 1. The number of likely N-dealkylation sites (tertiary alicyclic amines) is 1. The number of guanidine groups is 1. The number of aliphatic imine (C=N–C) groups is 1. The highest BCUT2D eigenvalue weighted by molar-refractivity contribution is 14.0. The zero-order chi connectivity index (χ0) is 20.6. The van der Waals surface area contributed by atoms with E-state index in [1.54, 1.807) is 7.11 Å². The lowest BCUT2D eigenvalue weighted by Crippen LogP contribution is -2.72. The normalized spacial score (nSPS) is 30.0. The van der Waals surface area contributed by atoms with Crippen LogP contribution in [0.25, 0.3) is 0 Å². The molecule has 0 aromatic heterocycles. The van der Waals surface area contributed by atoms with Crippen LogP contribution in [-0.4, -0.2) is 63.4 Å². The summed E-state index contributed by atoms with van der Waals surface area (Å²) in [5, 5.41) is 7.46. The third-order valence-corrected chi connectivity index (χ3v) is 8.09.